The normalized spacial score (nSPS) is 13.0. The number of ether oxygens (including phenoxy) is 3. The van der Waals surface area contributed by atoms with Crippen LogP contribution < -0.4 is 0 Å². The first-order valence-corrected chi connectivity index (χ1v) is 28.5. The molecule has 0 N–H and O–H groups in total. The molecular weight excluding hydrogens is 865 g/mol. The van der Waals surface area contributed by atoms with Crippen LogP contribution in [0.4, 0.5) is 0 Å². The summed E-state index contributed by atoms with van der Waals surface area (Å²) in [5.41, 5.74) is 0. The summed E-state index contributed by atoms with van der Waals surface area (Å²) in [7, 11) is 0. The third kappa shape index (κ3) is 54.7. The Labute approximate surface area is 431 Å². The highest BCUT2D eigenvalue weighted by Gasteiger charge is 2.19. The summed E-state index contributed by atoms with van der Waals surface area (Å²) < 4.78 is 16.8. The summed E-state index contributed by atoms with van der Waals surface area (Å²) in [6, 6.07) is 0. The molecule has 0 rings (SSSR count). The first-order chi connectivity index (χ1) is 34.5. The summed E-state index contributed by atoms with van der Waals surface area (Å²) in [4.78, 5) is 38.2. The number of rotatable bonds is 50. The van der Waals surface area contributed by atoms with Gasteiger partial charge in [-0.25, -0.2) is 0 Å². The Morgan fingerprint density at radius 2 is 0.557 bits per heavy atom. The summed E-state index contributed by atoms with van der Waals surface area (Å²) in [6.07, 6.45) is 79.0. The highest BCUT2D eigenvalue weighted by molar-refractivity contribution is 5.71. The molecule has 0 aliphatic carbocycles. The predicted molar refractivity (Wildman–Crippen MR) is 302 cm³/mol. The fourth-order valence-corrected chi connectivity index (χ4v) is 7.44. The van der Waals surface area contributed by atoms with E-state index in [-0.39, 0.29) is 31.1 Å². The molecule has 70 heavy (non-hydrogen) atoms. The minimum absolute atomic E-state index is 0.1000. The van der Waals surface area contributed by atoms with Gasteiger partial charge >= 0.3 is 17.9 Å². The third-order valence-electron chi connectivity index (χ3n) is 11.7. The van der Waals surface area contributed by atoms with Crippen molar-refractivity contribution in [3.05, 3.63) is 122 Å². The van der Waals surface area contributed by atoms with Gasteiger partial charge in [0.2, 0.25) is 0 Å². The van der Waals surface area contributed by atoms with Gasteiger partial charge in [0.05, 0.1) is 0 Å². The standard InChI is InChI=1S/C64H104O6/c1-4-7-10-13-16-19-22-25-28-30-31-32-33-35-36-39-42-45-48-51-54-57-63(66)69-60-61(59-68-62(65)56-53-50-47-44-41-38-27-24-21-18-15-12-9-6-3)70-64(67)58-55-52-49-46-43-40-37-34-29-26-23-20-17-14-11-8-5-2/h7-8,10-11,15-20,24-29,31-32,37,40,61H,4-6,9,12-14,21-23,30,33-36,38-39,41-60H2,1-3H3/b10-7-,11-8-,18-15-,19-16-,20-17-,27-24-,28-25-,29-26-,32-31-,40-37-. The van der Waals surface area contributed by atoms with Gasteiger partial charge in [-0.15, -0.1) is 0 Å². The van der Waals surface area contributed by atoms with Crippen molar-refractivity contribution >= 4 is 17.9 Å². The molecule has 0 radical (unpaired) electrons. The van der Waals surface area contributed by atoms with Crippen molar-refractivity contribution in [3.8, 4) is 0 Å². The van der Waals surface area contributed by atoms with Crippen molar-refractivity contribution in [1.82, 2.24) is 0 Å². The van der Waals surface area contributed by atoms with Crippen LogP contribution in [0, 0.1) is 0 Å². The summed E-state index contributed by atoms with van der Waals surface area (Å²) in [5.74, 6) is -0.948. The molecule has 1 atom stereocenters. The molecule has 1 unspecified atom stereocenters. The maximum Gasteiger partial charge on any atom is 0.306 e. The minimum atomic E-state index is -0.804. The van der Waals surface area contributed by atoms with Gasteiger partial charge in [-0.2, -0.15) is 0 Å². The van der Waals surface area contributed by atoms with E-state index in [4.69, 9.17) is 14.2 Å². The number of carbonyl (C=O) groups excluding carboxylic acids is 3. The lowest BCUT2D eigenvalue weighted by Crippen LogP contribution is -2.30. The van der Waals surface area contributed by atoms with Gasteiger partial charge in [0.1, 0.15) is 13.2 Å². The topological polar surface area (TPSA) is 78.9 Å². The Morgan fingerprint density at radius 3 is 0.871 bits per heavy atom. The van der Waals surface area contributed by atoms with Crippen LogP contribution in [0.25, 0.3) is 0 Å². The molecule has 0 aliphatic rings. The fourth-order valence-electron chi connectivity index (χ4n) is 7.44. The van der Waals surface area contributed by atoms with Gasteiger partial charge in [0.15, 0.2) is 6.10 Å². The Bertz CT molecular complexity index is 1490. The minimum Gasteiger partial charge on any atom is -0.462 e. The van der Waals surface area contributed by atoms with Crippen LogP contribution in [0.1, 0.15) is 245 Å². The lowest BCUT2D eigenvalue weighted by molar-refractivity contribution is -0.167. The van der Waals surface area contributed by atoms with Gasteiger partial charge < -0.3 is 14.2 Å². The zero-order chi connectivity index (χ0) is 50.7. The van der Waals surface area contributed by atoms with Crippen LogP contribution in [-0.4, -0.2) is 37.2 Å². The Balaban J connectivity index is 4.46. The molecule has 0 fully saturated rings. The fraction of sp³-hybridized carbons (Fsp3) is 0.641. The second-order valence-corrected chi connectivity index (χ2v) is 18.4. The zero-order valence-corrected chi connectivity index (χ0v) is 45.2. The third-order valence-corrected chi connectivity index (χ3v) is 11.7. The Morgan fingerprint density at radius 1 is 0.300 bits per heavy atom. The van der Waals surface area contributed by atoms with E-state index in [1.54, 1.807) is 0 Å². The van der Waals surface area contributed by atoms with Crippen molar-refractivity contribution in [3.63, 3.8) is 0 Å². The van der Waals surface area contributed by atoms with E-state index in [1.807, 2.05) is 0 Å². The van der Waals surface area contributed by atoms with Crippen molar-refractivity contribution < 1.29 is 28.6 Å². The smallest absolute Gasteiger partial charge is 0.306 e. The van der Waals surface area contributed by atoms with E-state index in [1.165, 1.54) is 51.4 Å². The van der Waals surface area contributed by atoms with E-state index in [0.717, 1.165) is 154 Å². The predicted octanol–water partition coefficient (Wildman–Crippen LogP) is 19.3. The monoisotopic (exact) mass is 969 g/mol. The maximum atomic E-state index is 12.9. The summed E-state index contributed by atoms with van der Waals surface area (Å²) in [5, 5.41) is 0. The Kier molecular flexibility index (Phi) is 54.0. The molecule has 0 aromatic heterocycles. The number of allylic oxidation sites excluding steroid dienone is 20. The highest BCUT2D eigenvalue weighted by Crippen LogP contribution is 2.14. The first kappa shape index (κ1) is 65.8. The molecule has 0 spiro atoms. The molecule has 396 valence electrons. The second-order valence-electron chi connectivity index (χ2n) is 18.4. The lowest BCUT2D eigenvalue weighted by atomic mass is 10.1. The van der Waals surface area contributed by atoms with Crippen molar-refractivity contribution in [2.24, 2.45) is 0 Å². The van der Waals surface area contributed by atoms with E-state index in [2.05, 4.69) is 142 Å². The summed E-state index contributed by atoms with van der Waals surface area (Å²) >= 11 is 0. The van der Waals surface area contributed by atoms with E-state index >= 15 is 0 Å². The number of carbonyl (C=O) groups is 3. The average Bonchev–Trinajstić information content (AvgIpc) is 3.36. The molecular formula is C64H104O6. The van der Waals surface area contributed by atoms with E-state index < -0.39 is 6.10 Å². The average molecular weight is 970 g/mol. The van der Waals surface area contributed by atoms with Gasteiger partial charge in [-0.05, 0) is 122 Å². The number of esters is 3. The molecule has 0 bridgehead atoms. The lowest BCUT2D eigenvalue weighted by Gasteiger charge is -2.18. The van der Waals surface area contributed by atoms with E-state index in [0.29, 0.717) is 19.3 Å². The van der Waals surface area contributed by atoms with Crippen LogP contribution in [-0.2, 0) is 28.6 Å². The van der Waals surface area contributed by atoms with Crippen LogP contribution in [0.2, 0.25) is 0 Å². The molecule has 0 heterocycles. The van der Waals surface area contributed by atoms with E-state index in [9.17, 15) is 14.4 Å². The van der Waals surface area contributed by atoms with Gasteiger partial charge in [0, 0.05) is 19.3 Å². The number of hydrogen-bond acceptors (Lipinski definition) is 6. The highest BCUT2D eigenvalue weighted by atomic mass is 16.6. The molecule has 0 aromatic rings. The molecule has 0 amide bonds. The van der Waals surface area contributed by atoms with Crippen LogP contribution >= 0.6 is 0 Å². The largest absolute Gasteiger partial charge is 0.462 e. The molecule has 6 nitrogen and oxygen atoms in total. The van der Waals surface area contributed by atoms with Gasteiger partial charge in [0.25, 0.3) is 0 Å². The SMILES string of the molecule is CC/C=C\C/C=C\C/C=C\C/C=C\CCCCCCCCCCC(=O)OCC(COC(=O)CCCCCCC/C=C\C/C=C\CCCC)OC(=O)CCCCCC/C=C\C/C=C\C/C=C\C/C=C\CC. The first-order valence-electron chi connectivity index (χ1n) is 28.5. The molecule has 0 saturated heterocycles. The zero-order valence-electron chi connectivity index (χ0n) is 45.2. The quantitative estimate of drug-likeness (QED) is 0.0262. The molecule has 0 aromatic carbocycles. The van der Waals surface area contributed by atoms with Crippen molar-refractivity contribution in [2.75, 3.05) is 13.2 Å². The van der Waals surface area contributed by atoms with Gasteiger partial charge in [-0.1, -0.05) is 226 Å². The van der Waals surface area contributed by atoms with Crippen LogP contribution in [0.5, 0.6) is 0 Å². The van der Waals surface area contributed by atoms with Crippen LogP contribution in [0.3, 0.4) is 0 Å². The second kappa shape index (κ2) is 57.4. The summed E-state index contributed by atoms with van der Waals surface area (Å²) in [6.45, 7) is 6.33. The Hall–Kier alpha value is -4.19. The number of hydrogen-bond donors (Lipinski definition) is 0. The van der Waals surface area contributed by atoms with Crippen molar-refractivity contribution in [1.29, 1.82) is 0 Å². The van der Waals surface area contributed by atoms with Gasteiger partial charge in [-0.3, -0.25) is 14.4 Å². The maximum absolute atomic E-state index is 12.9. The van der Waals surface area contributed by atoms with Crippen molar-refractivity contribution in [2.45, 2.75) is 252 Å². The molecule has 6 heteroatoms. The van der Waals surface area contributed by atoms with Crippen LogP contribution in [0.15, 0.2) is 122 Å². The molecule has 0 saturated carbocycles. The molecule has 0 aliphatic heterocycles. The number of unbranched alkanes of at least 4 members (excludes halogenated alkanes) is 19.